The van der Waals surface area contributed by atoms with Gasteiger partial charge in [-0.15, -0.1) is 0 Å². The molecule has 0 radical (unpaired) electrons. The molecule has 1 aliphatic rings. The molecule has 0 bridgehead atoms. The van der Waals surface area contributed by atoms with Gasteiger partial charge in [0.25, 0.3) is 5.91 Å². The number of fused-ring (bicyclic) bond motifs is 1. The molecule has 4 nitrogen and oxygen atoms in total. The Bertz CT molecular complexity index is 1110. The number of esters is 1. The minimum Gasteiger partial charge on any atom is -0.459 e. The molecule has 1 aliphatic heterocycles. The number of ether oxygens (including phenoxy) is 1. The lowest BCUT2D eigenvalue weighted by atomic mass is 9.96. The van der Waals surface area contributed by atoms with Gasteiger partial charge >= 0.3 is 5.97 Å². The number of carbonyl (C=O) groups excluding carboxylic acids is 2. The summed E-state index contributed by atoms with van der Waals surface area (Å²) in [5.74, 6) is 5.74. The molecule has 0 saturated heterocycles. The lowest BCUT2D eigenvalue weighted by Gasteiger charge is -2.27. The van der Waals surface area contributed by atoms with E-state index in [1.54, 1.807) is 11.0 Å². The highest BCUT2D eigenvalue weighted by molar-refractivity contribution is 5.98. The first-order valence-corrected chi connectivity index (χ1v) is 9.88. The quantitative estimate of drug-likeness (QED) is 0.498. The van der Waals surface area contributed by atoms with Gasteiger partial charge in [0.2, 0.25) is 0 Å². The van der Waals surface area contributed by atoms with E-state index in [1.807, 2.05) is 72.8 Å². The van der Waals surface area contributed by atoms with Crippen molar-refractivity contribution in [2.45, 2.75) is 13.0 Å². The zero-order valence-electron chi connectivity index (χ0n) is 16.5. The van der Waals surface area contributed by atoms with E-state index in [0.717, 1.165) is 22.3 Å². The molecule has 4 heteroatoms. The number of hydrogen-bond acceptors (Lipinski definition) is 3. The summed E-state index contributed by atoms with van der Waals surface area (Å²) >= 11 is 0. The number of nitrogens with zero attached hydrogens (tertiary/aromatic N) is 1. The molecule has 0 atom stereocenters. The second-order valence-electron chi connectivity index (χ2n) is 7.11. The molecular weight excluding hydrogens is 374 g/mol. The van der Waals surface area contributed by atoms with E-state index in [-0.39, 0.29) is 19.1 Å². The summed E-state index contributed by atoms with van der Waals surface area (Å²) in [6.45, 7) is 0.657. The third-order valence-electron chi connectivity index (χ3n) is 4.96. The van der Waals surface area contributed by atoms with Crippen molar-refractivity contribution in [2.24, 2.45) is 0 Å². The van der Waals surface area contributed by atoms with Gasteiger partial charge in [0.1, 0.15) is 13.2 Å². The van der Waals surface area contributed by atoms with Gasteiger partial charge in [-0.3, -0.25) is 9.59 Å². The minimum atomic E-state index is -0.402. The van der Waals surface area contributed by atoms with Crippen LogP contribution in [0.15, 0.2) is 78.9 Å². The van der Waals surface area contributed by atoms with Crippen molar-refractivity contribution in [1.82, 2.24) is 4.90 Å². The van der Waals surface area contributed by atoms with Crippen molar-refractivity contribution >= 4 is 11.9 Å². The Balaban J connectivity index is 1.39. The van der Waals surface area contributed by atoms with Crippen molar-refractivity contribution in [3.05, 3.63) is 107 Å². The molecule has 3 aromatic carbocycles. The highest BCUT2D eigenvalue weighted by Crippen LogP contribution is 2.20. The summed E-state index contributed by atoms with van der Waals surface area (Å²) in [7, 11) is 0. The molecule has 1 heterocycles. The average molecular weight is 395 g/mol. The molecule has 0 spiro atoms. The van der Waals surface area contributed by atoms with Crippen LogP contribution in [-0.4, -0.2) is 29.9 Å². The molecule has 0 unspecified atom stereocenters. The summed E-state index contributed by atoms with van der Waals surface area (Å²) in [5, 5.41) is 0. The second-order valence-corrected chi connectivity index (χ2v) is 7.11. The topological polar surface area (TPSA) is 46.6 Å². The normalized spacial score (nSPS) is 12.5. The van der Waals surface area contributed by atoms with E-state index in [4.69, 9.17) is 4.74 Å². The van der Waals surface area contributed by atoms with E-state index in [9.17, 15) is 9.59 Å². The van der Waals surface area contributed by atoms with E-state index < -0.39 is 5.97 Å². The number of hydrogen-bond donors (Lipinski definition) is 0. The van der Waals surface area contributed by atoms with Crippen LogP contribution < -0.4 is 0 Å². The highest BCUT2D eigenvalue weighted by atomic mass is 16.5. The monoisotopic (exact) mass is 395 g/mol. The summed E-state index contributed by atoms with van der Waals surface area (Å²) in [6, 6.07) is 24.9. The maximum atomic E-state index is 12.8. The molecule has 3 aromatic rings. The first-order chi connectivity index (χ1) is 14.7. The van der Waals surface area contributed by atoms with Gasteiger partial charge in [-0.05, 0) is 47.9 Å². The fraction of sp³-hybridized carbons (Fsp3) is 0.154. The van der Waals surface area contributed by atoms with E-state index in [2.05, 4.69) is 11.8 Å². The molecule has 4 rings (SSSR count). The Morgan fingerprint density at radius 1 is 0.900 bits per heavy atom. The van der Waals surface area contributed by atoms with Crippen molar-refractivity contribution in [3.8, 4) is 11.8 Å². The summed E-state index contributed by atoms with van der Waals surface area (Å²) < 4.78 is 5.31. The Hall–Kier alpha value is -3.84. The van der Waals surface area contributed by atoms with Crippen molar-refractivity contribution in [3.63, 3.8) is 0 Å². The van der Waals surface area contributed by atoms with Crippen LogP contribution in [-0.2, 0) is 22.6 Å². The Kier molecular flexibility index (Phi) is 5.91. The van der Waals surface area contributed by atoms with E-state index in [1.165, 1.54) is 0 Å². The van der Waals surface area contributed by atoms with Crippen LogP contribution in [0.2, 0.25) is 0 Å². The lowest BCUT2D eigenvalue weighted by molar-refractivity contribution is -0.145. The van der Waals surface area contributed by atoms with Crippen LogP contribution in [0.4, 0.5) is 0 Å². The van der Waals surface area contributed by atoms with Crippen LogP contribution >= 0.6 is 0 Å². The van der Waals surface area contributed by atoms with Crippen molar-refractivity contribution in [2.75, 3.05) is 13.1 Å². The number of carbonyl (C=O) groups is 2. The van der Waals surface area contributed by atoms with Gasteiger partial charge in [0.05, 0.1) is 0 Å². The average Bonchev–Trinajstić information content (AvgIpc) is 2.79. The standard InChI is InChI=1S/C26H21NO3/c28-25(30-19-22-9-5-2-6-10-22)18-27-16-15-23-17-21(13-14-24(23)26(27)29)12-11-20-7-3-1-4-8-20/h1-10,13-14,17H,15-16,18-19H2. The molecule has 1 amide bonds. The fourth-order valence-corrected chi connectivity index (χ4v) is 3.37. The smallest absolute Gasteiger partial charge is 0.325 e. The predicted molar refractivity (Wildman–Crippen MR) is 115 cm³/mol. The molecule has 30 heavy (non-hydrogen) atoms. The summed E-state index contributed by atoms with van der Waals surface area (Å²) in [5.41, 5.74) is 4.34. The van der Waals surface area contributed by atoms with Crippen LogP contribution in [0.5, 0.6) is 0 Å². The Morgan fingerprint density at radius 2 is 1.60 bits per heavy atom. The third-order valence-corrected chi connectivity index (χ3v) is 4.96. The first kappa shape index (κ1) is 19.5. The minimum absolute atomic E-state index is 0.0410. The van der Waals surface area contributed by atoms with E-state index in [0.29, 0.717) is 18.5 Å². The number of rotatable bonds is 4. The van der Waals surface area contributed by atoms with Crippen LogP contribution in [0.25, 0.3) is 0 Å². The molecule has 0 fully saturated rings. The molecule has 0 saturated carbocycles. The van der Waals surface area contributed by atoms with Crippen LogP contribution in [0.1, 0.15) is 32.6 Å². The van der Waals surface area contributed by atoms with Gasteiger partial charge in [0, 0.05) is 23.2 Å². The van der Waals surface area contributed by atoms with Gasteiger partial charge in [-0.1, -0.05) is 60.4 Å². The Morgan fingerprint density at radius 3 is 2.37 bits per heavy atom. The molecule has 0 aromatic heterocycles. The molecule has 0 N–H and O–H groups in total. The third kappa shape index (κ3) is 4.76. The van der Waals surface area contributed by atoms with Crippen molar-refractivity contribution < 1.29 is 14.3 Å². The van der Waals surface area contributed by atoms with Crippen molar-refractivity contribution in [1.29, 1.82) is 0 Å². The molecule has 148 valence electrons. The van der Waals surface area contributed by atoms with Gasteiger partial charge in [-0.25, -0.2) is 0 Å². The zero-order chi connectivity index (χ0) is 20.8. The zero-order valence-corrected chi connectivity index (χ0v) is 16.5. The lowest BCUT2D eigenvalue weighted by Crippen LogP contribution is -2.41. The summed E-state index contributed by atoms with van der Waals surface area (Å²) in [4.78, 5) is 26.5. The number of benzene rings is 3. The van der Waals surface area contributed by atoms with E-state index >= 15 is 0 Å². The SMILES string of the molecule is O=C(CN1CCc2cc(C#Cc3ccccc3)ccc2C1=O)OCc1ccccc1. The van der Waals surface area contributed by atoms with Gasteiger partial charge < -0.3 is 9.64 Å². The Labute approximate surface area is 176 Å². The number of amides is 1. The molecule has 0 aliphatic carbocycles. The first-order valence-electron chi connectivity index (χ1n) is 9.88. The largest absolute Gasteiger partial charge is 0.459 e. The van der Waals surface area contributed by atoms with Crippen LogP contribution in [0.3, 0.4) is 0 Å². The second kappa shape index (κ2) is 9.11. The highest BCUT2D eigenvalue weighted by Gasteiger charge is 2.26. The van der Waals surface area contributed by atoms with Crippen LogP contribution in [0, 0.1) is 11.8 Å². The van der Waals surface area contributed by atoms with Gasteiger partial charge in [-0.2, -0.15) is 0 Å². The predicted octanol–water partition coefficient (Wildman–Crippen LogP) is 3.83. The fourth-order valence-electron chi connectivity index (χ4n) is 3.37. The molecular formula is C26H21NO3. The maximum Gasteiger partial charge on any atom is 0.325 e. The van der Waals surface area contributed by atoms with Gasteiger partial charge in [0.15, 0.2) is 0 Å². The maximum absolute atomic E-state index is 12.8. The summed E-state index contributed by atoms with van der Waals surface area (Å²) in [6.07, 6.45) is 0.688.